The number of nitrogens with two attached hydrogens (primary N) is 1. The standard InChI is InChI=1S/C29H39N3O5/c1-17(2)31-29(36)25(32-14-6-9-24(32)28(30)35)16-21-10-12-22(13-11-21)37-15-7-8-23-20(5)26(33)18(3)19(4)27(23)34/h10-13,17,24-25H,6-9,14-16H2,1-5H3,(H2,30,35)(H,31,36)/t24?,25-/m0/s1. The summed E-state index contributed by atoms with van der Waals surface area (Å²) in [5, 5.41) is 2.98. The van der Waals surface area contributed by atoms with E-state index in [2.05, 4.69) is 5.32 Å². The van der Waals surface area contributed by atoms with Crippen molar-refractivity contribution in [2.75, 3.05) is 13.2 Å². The van der Waals surface area contributed by atoms with Crippen LogP contribution in [0.1, 0.15) is 65.9 Å². The highest BCUT2D eigenvalue weighted by atomic mass is 16.5. The monoisotopic (exact) mass is 509 g/mol. The van der Waals surface area contributed by atoms with Crippen molar-refractivity contribution in [2.45, 2.75) is 84.8 Å². The molecule has 8 nitrogen and oxygen atoms in total. The molecule has 2 atom stereocenters. The first-order chi connectivity index (χ1) is 17.5. The van der Waals surface area contributed by atoms with E-state index in [1.54, 1.807) is 20.8 Å². The molecule has 0 spiro atoms. The Morgan fingerprint density at radius 3 is 2.32 bits per heavy atom. The maximum atomic E-state index is 13.0. The Morgan fingerprint density at radius 1 is 1.05 bits per heavy atom. The van der Waals surface area contributed by atoms with Gasteiger partial charge in [-0.15, -0.1) is 0 Å². The first kappa shape index (κ1) is 28.3. The smallest absolute Gasteiger partial charge is 0.237 e. The van der Waals surface area contributed by atoms with Crippen molar-refractivity contribution in [1.82, 2.24) is 10.2 Å². The number of benzene rings is 1. The van der Waals surface area contributed by atoms with Crippen LogP contribution in [0.2, 0.25) is 0 Å². The van der Waals surface area contributed by atoms with Crippen LogP contribution >= 0.6 is 0 Å². The topological polar surface area (TPSA) is 119 Å². The van der Waals surface area contributed by atoms with Gasteiger partial charge >= 0.3 is 0 Å². The first-order valence-corrected chi connectivity index (χ1v) is 13.0. The highest BCUT2D eigenvalue weighted by Gasteiger charge is 2.37. The van der Waals surface area contributed by atoms with Crippen LogP contribution in [0, 0.1) is 0 Å². The number of amides is 2. The van der Waals surface area contributed by atoms with Crippen LogP contribution in [-0.4, -0.2) is 59.6 Å². The van der Waals surface area contributed by atoms with Gasteiger partial charge in [0.2, 0.25) is 11.8 Å². The van der Waals surface area contributed by atoms with Crippen LogP contribution in [0.15, 0.2) is 46.6 Å². The van der Waals surface area contributed by atoms with Crippen molar-refractivity contribution < 1.29 is 23.9 Å². The van der Waals surface area contributed by atoms with Crippen molar-refractivity contribution in [3.8, 4) is 5.75 Å². The van der Waals surface area contributed by atoms with Gasteiger partial charge in [0.1, 0.15) is 5.75 Å². The van der Waals surface area contributed by atoms with Crippen molar-refractivity contribution in [2.24, 2.45) is 5.73 Å². The fourth-order valence-electron chi connectivity index (χ4n) is 5.05. The fraction of sp³-hybridized carbons (Fsp3) is 0.517. The van der Waals surface area contributed by atoms with Gasteiger partial charge in [-0.05, 0) is 91.0 Å². The fourth-order valence-corrected chi connectivity index (χ4v) is 5.05. The molecule has 1 saturated heterocycles. The second-order valence-corrected chi connectivity index (χ2v) is 10.3. The second kappa shape index (κ2) is 12.3. The Balaban J connectivity index is 1.59. The molecule has 3 N–H and O–H groups in total. The third-order valence-corrected chi connectivity index (χ3v) is 7.26. The number of nitrogens with one attached hydrogen (secondary N) is 1. The molecule has 2 aliphatic rings. The molecule has 37 heavy (non-hydrogen) atoms. The lowest BCUT2D eigenvalue weighted by Crippen LogP contribution is -2.54. The van der Waals surface area contributed by atoms with E-state index in [0.29, 0.717) is 66.9 Å². The van der Waals surface area contributed by atoms with Crippen LogP contribution in [-0.2, 0) is 25.6 Å². The minimum absolute atomic E-state index is 0.00839. The Morgan fingerprint density at radius 2 is 1.70 bits per heavy atom. The van der Waals surface area contributed by atoms with Gasteiger partial charge in [0.15, 0.2) is 11.6 Å². The molecule has 1 aromatic carbocycles. The molecule has 0 aromatic heterocycles. The Kier molecular flexibility index (Phi) is 9.43. The van der Waals surface area contributed by atoms with Crippen molar-refractivity contribution in [3.63, 3.8) is 0 Å². The Bertz CT molecular complexity index is 1120. The molecule has 1 heterocycles. The zero-order valence-electron chi connectivity index (χ0n) is 22.6. The predicted octanol–water partition coefficient (Wildman–Crippen LogP) is 3.04. The quantitative estimate of drug-likeness (QED) is 0.350. The number of ether oxygens (including phenoxy) is 1. The average Bonchev–Trinajstić information content (AvgIpc) is 3.34. The lowest BCUT2D eigenvalue weighted by atomic mass is 9.84. The van der Waals surface area contributed by atoms with Crippen molar-refractivity contribution >= 4 is 23.4 Å². The third-order valence-electron chi connectivity index (χ3n) is 7.26. The summed E-state index contributed by atoms with van der Waals surface area (Å²) in [6.45, 7) is 10.0. The Hall–Kier alpha value is -3.26. The predicted molar refractivity (Wildman–Crippen MR) is 142 cm³/mol. The zero-order valence-corrected chi connectivity index (χ0v) is 22.6. The first-order valence-electron chi connectivity index (χ1n) is 13.0. The largest absolute Gasteiger partial charge is 0.494 e. The lowest BCUT2D eigenvalue weighted by Gasteiger charge is -2.31. The van der Waals surface area contributed by atoms with Crippen LogP contribution in [0.3, 0.4) is 0 Å². The second-order valence-electron chi connectivity index (χ2n) is 10.3. The number of hydrogen-bond acceptors (Lipinski definition) is 6. The molecular weight excluding hydrogens is 470 g/mol. The summed E-state index contributed by atoms with van der Waals surface area (Å²) in [7, 11) is 0. The number of nitrogens with zero attached hydrogens (tertiary/aromatic N) is 1. The molecule has 0 bridgehead atoms. The molecule has 200 valence electrons. The summed E-state index contributed by atoms with van der Waals surface area (Å²) < 4.78 is 5.87. The highest BCUT2D eigenvalue weighted by Crippen LogP contribution is 2.27. The molecule has 0 saturated carbocycles. The van der Waals surface area contributed by atoms with Gasteiger partial charge < -0.3 is 15.8 Å². The van der Waals surface area contributed by atoms with Gasteiger partial charge in [0, 0.05) is 28.3 Å². The number of allylic oxidation sites excluding steroid dienone is 4. The van der Waals surface area contributed by atoms with Gasteiger partial charge in [-0.25, -0.2) is 0 Å². The minimum Gasteiger partial charge on any atom is -0.494 e. The molecule has 1 aromatic rings. The van der Waals surface area contributed by atoms with E-state index in [0.717, 1.165) is 12.0 Å². The normalized spacial score (nSPS) is 19.6. The van der Waals surface area contributed by atoms with E-state index in [1.807, 2.05) is 43.0 Å². The number of Topliss-reactive ketones (excluding diaryl/α,β-unsaturated/α-hetero) is 2. The number of likely N-dealkylation sites (tertiary alicyclic amines) is 1. The summed E-state index contributed by atoms with van der Waals surface area (Å²) in [5.41, 5.74) is 8.73. The third kappa shape index (κ3) is 6.74. The summed E-state index contributed by atoms with van der Waals surface area (Å²) in [4.78, 5) is 51.8. The molecule has 1 aliphatic carbocycles. The molecule has 1 fully saturated rings. The van der Waals surface area contributed by atoms with Gasteiger partial charge in [0.25, 0.3) is 0 Å². The minimum atomic E-state index is -0.484. The van der Waals surface area contributed by atoms with E-state index >= 15 is 0 Å². The number of rotatable bonds is 11. The molecule has 1 unspecified atom stereocenters. The van der Waals surface area contributed by atoms with Crippen molar-refractivity contribution in [3.05, 3.63) is 52.1 Å². The van der Waals surface area contributed by atoms with E-state index in [1.165, 1.54) is 0 Å². The molecule has 2 amide bonds. The van der Waals surface area contributed by atoms with Crippen LogP contribution in [0.5, 0.6) is 5.75 Å². The zero-order chi connectivity index (χ0) is 27.3. The number of carbonyl (C=O) groups is 4. The molecule has 3 rings (SSSR count). The van der Waals surface area contributed by atoms with E-state index < -0.39 is 18.0 Å². The number of ketones is 2. The number of hydrogen-bond donors (Lipinski definition) is 2. The van der Waals surface area contributed by atoms with Gasteiger partial charge in [-0.3, -0.25) is 24.1 Å². The molecule has 1 aliphatic heterocycles. The molecule has 0 radical (unpaired) electrons. The van der Waals surface area contributed by atoms with Crippen LogP contribution in [0.4, 0.5) is 0 Å². The summed E-state index contributed by atoms with van der Waals surface area (Å²) in [6, 6.07) is 6.64. The van der Waals surface area contributed by atoms with Gasteiger partial charge in [-0.2, -0.15) is 0 Å². The lowest BCUT2D eigenvalue weighted by molar-refractivity contribution is -0.130. The van der Waals surface area contributed by atoms with Gasteiger partial charge in [0.05, 0.1) is 18.7 Å². The average molecular weight is 510 g/mol. The van der Waals surface area contributed by atoms with Crippen LogP contribution < -0.4 is 15.8 Å². The summed E-state index contributed by atoms with van der Waals surface area (Å²) in [6.07, 6.45) is 3.05. The van der Waals surface area contributed by atoms with Gasteiger partial charge in [-0.1, -0.05) is 12.1 Å². The summed E-state index contributed by atoms with van der Waals surface area (Å²) in [5.74, 6) is 0.0812. The van der Waals surface area contributed by atoms with E-state index in [9.17, 15) is 19.2 Å². The number of carbonyl (C=O) groups excluding carboxylic acids is 4. The Labute approximate surface area is 219 Å². The maximum absolute atomic E-state index is 13.0. The highest BCUT2D eigenvalue weighted by molar-refractivity contribution is 6.24. The van der Waals surface area contributed by atoms with Crippen LogP contribution in [0.25, 0.3) is 0 Å². The van der Waals surface area contributed by atoms with Crippen molar-refractivity contribution in [1.29, 1.82) is 0 Å². The summed E-state index contributed by atoms with van der Waals surface area (Å²) >= 11 is 0. The maximum Gasteiger partial charge on any atom is 0.237 e. The molecule has 8 heteroatoms. The SMILES string of the molecule is CC1=C(C)C(=O)C(CCCOc2ccc(C[C@@H](C(=O)NC(C)C)N3CCCC3C(N)=O)cc2)=C(C)C1=O. The van der Waals surface area contributed by atoms with E-state index in [4.69, 9.17) is 10.5 Å². The molecular formula is C29H39N3O5. The number of primary amides is 1. The van der Waals surface area contributed by atoms with E-state index in [-0.39, 0.29) is 23.5 Å².